The van der Waals surface area contributed by atoms with Crippen molar-refractivity contribution in [2.75, 3.05) is 25.0 Å². The van der Waals surface area contributed by atoms with Crippen molar-refractivity contribution in [3.63, 3.8) is 0 Å². The van der Waals surface area contributed by atoms with Gasteiger partial charge >= 0.3 is 12.0 Å². The van der Waals surface area contributed by atoms with Crippen molar-refractivity contribution in [2.24, 2.45) is 5.92 Å². The van der Waals surface area contributed by atoms with Gasteiger partial charge in [0.2, 0.25) is 0 Å². The van der Waals surface area contributed by atoms with E-state index >= 15 is 0 Å². The van der Waals surface area contributed by atoms with Gasteiger partial charge in [0.05, 0.1) is 6.42 Å². The second kappa shape index (κ2) is 7.08. The normalized spacial score (nSPS) is 15.8. The zero-order valence-electron chi connectivity index (χ0n) is 11.8. The Morgan fingerprint density at radius 2 is 1.81 bits per heavy atom. The number of aliphatic hydroxyl groups excluding tert-OH is 1. The number of aliphatic hydroxyl groups is 1. The maximum atomic E-state index is 12.1. The van der Waals surface area contributed by atoms with E-state index in [1.165, 1.54) is 0 Å². The van der Waals surface area contributed by atoms with Crippen LogP contribution in [-0.2, 0) is 11.2 Å². The number of carboxylic acids is 1. The van der Waals surface area contributed by atoms with Crippen LogP contribution in [-0.4, -0.2) is 46.8 Å². The predicted molar refractivity (Wildman–Crippen MR) is 78.2 cm³/mol. The van der Waals surface area contributed by atoms with Gasteiger partial charge in [-0.15, -0.1) is 0 Å². The number of carbonyl (C=O) groups is 2. The van der Waals surface area contributed by atoms with Crippen molar-refractivity contribution in [3.05, 3.63) is 29.8 Å². The van der Waals surface area contributed by atoms with Crippen molar-refractivity contribution in [1.29, 1.82) is 0 Å². The molecule has 1 aliphatic heterocycles. The van der Waals surface area contributed by atoms with Gasteiger partial charge in [-0.2, -0.15) is 0 Å². The van der Waals surface area contributed by atoms with E-state index in [1.54, 1.807) is 29.2 Å². The highest BCUT2D eigenvalue weighted by Gasteiger charge is 2.22. The third-order valence-corrected chi connectivity index (χ3v) is 3.72. The van der Waals surface area contributed by atoms with Crippen LogP contribution in [0.4, 0.5) is 10.5 Å². The van der Waals surface area contributed by atoms with Crippen molar-refractivity contribution in [2.45, 2.75) is 19.3 Å². The van der Waals surface area contributed by atoms with Gasteiger partial charge in [0.15, 0.2) is 0 Å². The van der Waals surface area contributed by atoms with E-state index in [0.717, 1.165) is 12.8 Å². The lowest BCUT2D eigenvalue weighted by molar-refractivity contribution is -0.136. The van der Waals surface area contributed by atoms with Gasteiger partial charge in [-0.25, -0.2) is 4.79 Å². The fourth-order valence-electron chi connectivity index (χ4n) is 2.40. The molecule has 21 heavy (non-hydrogen) atoms. The molecule has 6 nitrogen and oxygen atoms in total. The number of piperidine rings is 1. The highest BCUT2D eigenvalue weighted by atomic mass is 16.4. The van der Waals surface area contributed by atoms with E-state index < -0.39 is 5.97 Å². The number of urea groups is 1. The summed E-state index contributed by atoms with van der Waals surface area (Å²) in [6.45, 7) is 1.48. The molecule has 0 saturated carbocycles. The van der Waals surface area contributed by atoms with E-state index in [4.69, 9.17) is 10.2 Å². The van der Waals surface area contributed by atoms with Crippen molar-refractivity contribution >= 4 is 17.7 Å². The van der Waals surface area contributed by atoms with Gasteiger partial charge < -0.3 is 20.4 Å². The number of benzene rings is 1. The number of hydrogen-bond acceptors (Lipinski definition) is 3. The Hall–Kier alpha value is -2.08. The lowest BCUT2D eigenvalue weighted by atomic mass is 9.98. The summed E-state index contributed by atoms with van der Waals surface area (Å²) in [5.41, 5.74) is 1.35. The minimum atomic E-state index is -0.876. The number of nitrogens with zero attached hydrogens (tertiary/aromatic N) is 1. The van der Waals surface area contributed by atoms with Crippen LogP contribution in [0.25, 0.3) is 0 Å². The lowest BCUT2D eigenvalue weighted by Crippen LogP contribution is -2.41. The maximum absolute atomic E-state index is 12.1. The minimum Gasteiger partial charge on any atom is -0.481 e. The number of carboxylic acid groups (broad SMARTS) is 1. The molecule has 0 aliphatic carbocycles. The first-order chi connectivity index (χ1) is 10.1. The molecule has 2 rings (SSSR count). The molecular formula is C15H20N2O4. The summed E-state index contributed by atoms with van der Waals surface area (Å²) in [6.07, 6.45) is 1.62. The number of hydrogen-bond donors (Lipinski definition) is 3. The summed E-state index contributed by atoms with van der Waals surface area (Å²) >= 11 is 0. The van der Waals surface area contributed by atoms with Gasteiger partial charge in [-0.1, -0.05) is 12.1 Å². The van der Waals surface area contributed by atoms with Crippen LogP contribution >= 0.6 is 0 Å². The van der Waals surface area contributed by atoms with E-state index in [1.807, 2.05) is 0 Å². The summed E-state index contributed by atoms with van der Waals surface area (Å²) in [6, 6.07) is 6.65. The number of aliphatic carboxylic acids is 1. The summed E-state index contributed by atoms with van der Waals surface area (Å²) in [5.74, 6) is -0.581. The third-order valence-electron chi connectivity index (χ3n) is 3.72. The van der Waals surface area contributed by atoms with Crippen LogP contribution in [0.15, 0.2) is 24.3 Å². The predicted octanol–water partition coefficient (Wildman–Crippen LogP) is 1.55. The smallest absolute Gasteiger partial charge is 0.321 e. The molecular weight excluding hydrogens is 272 g/mol. The molecule has 0 unspecified atom stereocenters. The standard InChI is InChI=1S/C15H20N2O4/c18-10-12-5-7-17(8-6-12)15(21)16-13-3-1-11(2-4-13)9-14(19)20/h1-4,12,18H,5-10H2,(H,16,21)(H,19,20). The average Bonchev–Trinajstić information content (AvgIpc) is 2.49. The topological polar surface area (TPSA) is 89.9 Å². The van der Waals surface area contributed by atoms with Crippen LogP contribution in [0, 0.1) is 5.92 Å². The van der Waals surface area contributed by atoms with E-state index in [0.29, 0.717) is 30.3 Å². The number of anilines is 1. The molecule has 0 aromatic heterocycles. The first-order valence-electron chi connectivity index (χ1n) is 7.06. The Labute approximate surface area is 123 Å². The average molecular weight is 292 g/mol. The molecule has 1 aromatic rings. The molecule has 1 fully saturated rings. The number of amides is 2. The molecule has 2 amide bonds. The fraction of sp³-hybridized carbons (Fsp3) is 0.467. The third kappa shape index (κ3) is 4.46. The van der Waals surface area contributed by atoms with Gasteiger partial charge in [0.1, 0.15) is 0 Å². The van der Waals surface area contributed by atoms with Crippen LogP contribution in [0.3, 0.4) is 0 Å². The molecule has 114 valence electrons. The Kier molecular flexibility index (Phi) is 5.16. The first kappa shape index (κ1) is 15.3. The van der Waals surface area contributed by atoms with Crippen LogP contribution in [0.1, 0.15) is 18.4 Å². The number of nitrogens with one attached hydrogen (secondary N) is 1. The molecule has 1 saturated heterocycles. The quantitative estimate of drug-likeness (QED) is 0.785. The largest absolute Gasteiger partial charge is 0.481 e. The molecule has 0 spiro atoms. The Balaban J connectivity index is 1.86. The number of rotatable bonds is 4. The van der Waals surface area contributed by atoms with Crippen molar-refractivity contribution < 1.29 is 19.8 Å². The second-order valence-corrected chi connectivity index (χ2v) is 5.31. The van der Waals surface area contributed by atoms with Gasteiger partial charge in [0.25, 0.3) is 0 Å². The van der Waals surface area contributed by atoms with Gasteiger partial charge in [-0.3, -0.25) is 4.79 Å². The monoisotopic (exact) mass is 292 g/mol. The zero-order valence-corrected chi connectivity index (χ0v) is 11.8. The van der Waals surface area contributed by atoms with Crippen LogP contribution < -0.4 is 5.32 Å². The zero-order chi connectivity index (χ0) is 15.2. The number of likely N-dealkylation sites (tertiary alicyclic amines) is 1. The molecule has 1 aliphatic rings. The Morgan fingerprint density at radius 1 is 1.19 bits per heavy atom. The SMILES string of the molecule is O=C(O)Cc1ccc(NC(=O)N2CCC(CO)CC2)cc1. The first-order valence-corrected chi connectivity index (χ1v) is 7.06. The molecule has 0 atom stereocenters. The molecule has 0 bridgehead atoms. The molecule has 1 heterocycles. The summed E-state index contributed by atoms with van der Waals surface area (Å²) in [5, 5.41) is 20.6. The minimum absolute atomic E-state index is 0.0249. The highest BCUT2D eigenvalue weighted by Crippen LogP contribution is 2.18. The van der Waals surface area contributed by atoms with E-state index in [9.17, 15) is 9.59 Å². The van der Waals surface area contributed by atoms with Crippen molar-refractivity contribution in [3.8, 4) is 0 Å². The van der Waals surface area contributed by atoms with E-state index in [-0.39, 0.29) is 19.1 Å². The highest BCUT2D eigenvalue weighted by molar-refractivity contribution is 5.89. The lowest BCUT2D eigenvalue weighted by Gasteiger charge is -2.31. The molecule has 0 radical (unpaired) electrons. The Bertz CT molecular complexity index is 493. The summed E-state index contributed by atoms with van der Waals surface area (Å²) < 4.78 is 0. The van der Waals surface area contributed by atoms with Gasteiger partial charge in [0, 0.05) is 25.4 Å². The molecule has 6 heteroatoms. The van der Waals surface area contributed by atoms with Crippen LogP contribution in [0.2, 0.25) is 0 Å². The van der Waals surface area contributed by atoms with Gasteiger partial charge in [-0.05, 0) is 36.5 Å². The maximum Gasteiger partial charge on any atom is 0.321 e. The number of carbonyl (C=O) groups excluding carboxylic acids is 1. The molecule has 1 aromatic carbocycles. The second-order valence-electron chi connectivity index (χ2n) is 5.31. The summed E-state index contributed by atoms with van der Waals surface area (Å²) in [7, 11) is 0. The molecule has 3 N–H and O–H groups in total. The Morgan fingerprint density at radius 3 is 2.33 bits per heavy atom. The van der Waals surface area contributed by atoms with Crippen LogP contribution in [0.5, 0.6) is 0 Å². The van der Waals surface area contributed by atoms with E-state index in [2.05, 4.69) is 5.32 Å². The van der Waals surface area contributed by atoms with Crippen molar-refractivity contribution in [1.82, 2.24) is 4.90 Å². The summed E-state index contributed by atoms with van der Waals surface area (Å²) in [4.78, 5) is 24.4. The fourth-order valence-corrected chi connectivity index (χ4v) is 2.40.